The van der Waals surface area contributed by atoms with Crippen LogP contribution in [0.25, 0.3) is 0 Å². The van der Waals surface area contributed by atoms with Gasteiger partial charge in [-0.2, -0.15) is 0 Å². The van der Waals surface area contributed by atoms with Crippen molar-refractivity contribution in [3.05, 3.63) is 58.9 Å². The van der Waals surface area contributed by atoms with Gasteiger partial charge in [0.15, 0.2) is 11.6 Å². The molecule has 0 saturated carbocycles. The highest BCUT2D eigenvalue weighted by Crippen LogP contribution is 2.28. The Morgan fingerprint density at radius 1 is 1.25 bits per heavy atom. The Bertz CT molecular complexity index is 626. The zero-order valence-electron chi connectivity index (χ0n) is 10.6. The lowest BCUT2D eigenvalue weighted by atomic mass is 10.0. The van der Waals surface area contributed by atoms with Crippen molar-refractivity contribution in [1.29, 1.82) is 0 Å². The minimum Gasteiger partial charge on any atom is -0.481 e. The molecule has 0 aromatic heterocycles. The Morgan fingerprint density at radius 2 is 1.90 bits per heavy atom. The summed E-state index contributed by atoms with van der Waals surface area (Å²) in [5.74, 6) is -1.89. The van der Waals surface area contributed by atoms with Gasteiger partial charge in [-0.05, 0) is 48.9 Å². The molecular weight excluding hydrogens is 283 g/mol. The van der Waals surface area contributed by atoms with E-state index in [4.69, 9.17) is 21.4 Å². The summed E-state index contributed by atoms with van der Waals surface area (Å²) in [4.78, 5) is 10.9. The van der Waals surface area contributed by atoms with Crippen LogP contribution < -0.4 is 4.74 Å². The van der Waals surface area contributed by atoms with Gasteiger partial charge in [0.25, 0.3) is 0 Å². The van der Waals surface area contributed by atoms with Gasteiger partial charge < -0.3 is 9.84 Å². The van der Waals surface area contributed by atoms with Crippen LogP contribution in [-0.2, 0) is 4.79 Å². The monoisotopic (exact) mass is 294 g/mol. The molecule has 0 aliphatic carbocycles. The van der Waals surface area contributed by atoms with Gasteiger partial charge in [0, 0.05) is 5.02 Å². The molecule has 0 spiro atoms. The van der Waals surface area contributed by atoms with Crippen LogP contribution in [0.1, 0.15) is 18.4 Å². The molecule has 0 saturated heterocycles. The average Bonchev–Trinajstić information content (AvgIpc) is 2.42. The van der Waals surface area contributed by atoms with Crippen molar-refractivity contribution in [2.24, 2.45) is 0 Å². The average molecular weight is 295 g/mol. The molecule has 0 aliphatic rings. The fourth-order valence-corrected chi connectivity index (χ4v) is 1.77. The number of carboxylic acids is 1. The van der Waals surface area contributed by atoms with Gasteiger partial charge in [0.05, 0.1) is 5.92 Å². The second kappa shape index (κ2) is 5.92. The topological polar surface area (TPSA) is 46.5 Å². The first-order valence-corrected chi connectivity index (χ1v) is 6.31. The van der Waals surface area contributed by atoms with E-state index in [2.05, 4.69) is 0 Å². The molecule has 0 radical (unpaired) electrons. The van der Waals surface area contributed by atoms with Crippen molar-refractivity contribution in [2.45, 2.75) is 12.8 Å². The number of ether oxygens (including phenoxy) is 1. The van der Waals surface area contributed by atoms with E-state index < -0.39 is 17.7 Å². The third-order valence-corrected chi connectivity index (χ3v) is 3.12. The Labute approximate surface area is 120 Å². The molecular formula is C15H12ClFO3. The zero-order chi connectivity index (χ0) is 14.7. The van der Waals surface area contributed by atoms with E-state index in [9.17, 15) is 9.18 Å². The number of carboxylic acid groups (broad SMARTS) is 1. The van der Waals surface area contributed by atoms with Gasteiger partial charge >= 0.3 is 5.97 Å². The molecule has 0 aliphatic heterocycles. The van der Waals surface area contributed by atoms with Crippen LogP contribution in [0.3, 0.4) is 0 Å². The maximum atomic E-state index is 13.9. The fraction of sp³-hybridized carbons (Fsp3) is 0.133. The van der Waals surface area contributed by atoms with E-state index in [-0.39, 0.29) is 5.75 Å². The maximum absolute atomic E-state index is 13.9. The van der Waals surface area contributed by atoms with E-state index in [1.165, 1.54) is 25.1 Å². The number of hydrogen-bond donors (Lipinski definition) is 1. The van der Waals surface area contributed by atoms with Crippen molar-refractivity contribution in [2.75, 3.05) is 0 Å². The molecule has 20 heavy (non-hydrogen) atoms. The first-order chi connectivity index (χ1) is 9.47. The van der Waals surface area contributed by atoms with Crippen LogP contribution in [0.15, 0.2) is 42.5 Å². The lowest BCUT2D eigenvalue weighted by Gasteiger charge is -2.10. The standard InChI is InChI=1S/C15H12ClFO3/c1-9(15(18)19)10-2-7-14(13(17)8-10)20-12-5-3-11(16)4-6-12/h2-9H,1H3,(H,18,19). The van der Waals surface area contributed by atoms with Crippen LogP contribution >= 0.6 is 11.6 Å². The van der Waals surface area contributed by atoms with Crippen molar-refractivity contribution in [3.8, 4) is 11.5 Å². The predicted octanol–water partition coefficient (Wildman–Crippen LogP) is 4.46. The highest BCUT2D eigenvalue weighted by atomic mass is 35.5. The number of halogens is 2. The van der Waals surface area contributed by atoms with Gasteiger partial charge in [-0.1, -0.05) is 17.7 Å². The summed E-state index contributed by atoms with van der Waals surface area (Å²) in [5.41, 5.74) is 0.387. The molecule has 0 bridgehead atoms. The van der Waals surface area contributed by atoms with Gasteiger partial charge in [0.1, 0.15) is 5.75 Å². The second-order valence-corrected chi connectivity index (χ2v) is 4.74. The molecule has 2 aromatic carbocycles. The van der Waals surface area contributed by atoms with Gasteiger partial charge in [0.2, 0.25) is 0 Å². The van der Waals surface area contributed by atoms with Crippen molar-refractivity contribution in [1.82, 2.24) is 0 Å². The molecule has 0 fully saturated rings. The first-order valence-electron chi connectivity index (χ1n) is 5.93. The Hall–Kier alpha value is -2.07. The number of benzene rings is 2. The normalized spacial score (nSPS) is 11.9. The summed E-state index contributed by atoms with van der Waals surface area (Å²) in [6.07, 6.45) is 0. The molecule has 5 heteroatoms. The van der Waals surface area contributed by atoms with E-state index in [0.29, 0.717) is 16.3 Å². The lowest BCUT2D eigenvalue weighted by Crippen LogP contribution is -2.07. The number of carbonyl (C=O) groups is 1. The largest absolute Gasteiger partial charge is 0.481 e. The van der Waals surface area contributed by atoms with E-state index in [0.717, 1.165) is 0 Å². The summed E-state index contributed by atoms with van der Waals surface area (Å²) in [5, 5.41) is 9.45. The number of rotatable bonds is 4. The highest BCUT2D eigenvalue weighted by molar-refractivity contribution is 6.30. The zero-order valence-corrected chi connectivity index (χ0v) is 11.4. The molecule has 1 atom stereocenters. The second-order valence-electron chi connectivity index (χ2n) is 4.31. The fourth-order valence-electron chi connectivity index (χ4n) is 1.64. The molecule has 0 amide bonds. The Kier molecular flexibility index (Phi) is 4.25. The van der Waals surface area contributed by atoms with E-state index >= 15 is 0 Å². The third-order valence-electron chi connectivity index (χ3n) is 2.87. The van der Waals surface area contributed by atoms with Gasteiger partial charge in [-0.15, -0.1) is 0 Å². The summed E-state index contributed by atoms with van der Waals surface area (Å²) in [6.45, 7) is 1.50. The molecule has 104 valence electrons. The summed E-state index contributed by atoms with van der Waals surface area (Å²) in [7, 11) is 0. The summed E-state index contributed by atoms with van der Waals surface area (Å²) < 4.78 is 19.3. The summed E-state index contributed by atoms with van der Waals surface area (Å²) in [6, 6.07) is 10.6. The Balaban J connectivity index is 2.21. The first kappa shape index (κ1) is 14.3. The molecule has 0 heterocycles. The van der Waals surface area contributed by atoms with Crippen molar-refractivity contribution < 1.29 is 19.0 Å². The highest BCUT2D eigenvalue weighted by Gasteiger charge is 2.16. The minimum atomic E-state index is -1.00. The Morgan fingerprint density at radius 3 is 2.45 bits per heavy atom. The number of aliphatic carboxylic acids is 1. The smallest absolute Gasteiger partial charge is 0.310 e. The molecule has 1 unspecified atom stereocenters. The van der Waals surface area contributed by atoms with Crippen LogP contribution in [0.4, 0.5) is 4.39 Å². The molecule has 3 nitrogen and oxygen atoms in total. The van der Waals surface area contributed by atoms with Crippen LogP contribution in [0.2, 0.25) is 5.02 Å². The molecule has 2 aromatic rings. The molecule has 2 rings (SSSR count). The molecule has 1 N–H and O–H groups in total. The van der Waals surface area contributed by atoms with Crippen molar-refractivity contribution in [3.63, 3.8) is 0 Å². The van der Waals surface area contributed by atoms with E-state index in [1.807, 2.05) is 0 Å². The van der Waals surface area contributed by atoms with E-state index in [1.54, 1.807) is 24.3 Å². The maximum Gasteiger partial charge on any atom is 0.310 e. The number of hydrogen-bond acceptors (Lipinski definition) is 2. The van der Waals surface area contributed by atoms with Crippen LogP contribution in [0.5, 0.6) is 11.5 Å². The SMILES string of the molecule is CC(C(=O)O)c1ccc(Oc2ccc(Cl)cc2)c(F)c1. The van der Waals surface area contributed by atoms with Gasteiger partial charge in [-0.3, -0.25) is 4.79 Å². The van der Waals surface area contributed by atoms with Crippen molar-refractivity contribution >= 4 is 17.6 Å². The van der Waals surface area contributed by atoms with Crippen LogP contribution in [0, 0.1) is 5.82 Å². The minimum absolute atomic E-state index is 0.0358. The predicted molar refractivity (Wildman–Crippen MR) is 74.0 cm³/mol. The quantitative estimate of drug-likeness (QED) is 0.905. The van der Waals surface area contributed by atoms with Gasteiger partial charge in [-0.25, -0.2) is 4.39 Å². The van der Waals surface area contributed by atoms with Crippen LogP contribution in [-0.4, -0.2) is 11.1 Å². The summed E-state index contributed by atoms with van der Waals surface area (Å²) >= 11 is 5.75. The third kappa shape index (κ3) is 3.27. The lowest BCUT2D eigenvalue weighted by molar-refractivity contribution is -0.138.